The Bertz CT molecular complexity index is 1130. The fraction of sp³-hybridized carbons (Fsp3) is 0.500. The number of amides is 1. The van der Waals surface area contributed by atoms with Crippen molar-refractivity contribution in [2.75, 3.05) is 13.7 Å². The molecule has 0 spiro atoms. The molecule has 1 fully saturated rings. The van der Waals surface area contributed by atoms with Crippen molar-refractivity contribution >= 4 is 5.91 Å². The van der Waals surface area contributed by atoms with E-state index in [1.807, 2.05) is 63.9 Å². The average molecular weight is 519 g/mol. The van der Waals surface area contributed by atoms with Crippen molar-refractivity contribution in [3.8, 4) is 5.75 Å². The number of ether oxygens (including phenoxy) is 1. The van der Waals surface area contributed by atoms with Crippen molar-refractivity contribution in [2.24, 2.45) is 5.92 Å². The van der Waals surface area contributed by atoms with Crippen molar-refractivity contribution in [3.63, 3.8) is 0 Å². The minimum Gasteiger partial charge on any atom is -0.496 e. The molecule has 2 aromatic carbocycles. The van der Waals surface area contributed by atoms with Gasteiger partial charge in [-0.25, -0.2) is 0 Å². The summed E-state index contributed by atoms with van der Waals surface area (Å²) in [4.78, 5) is 15.1. The molecule has 38 heavy (non-hydrogen) atoms. The van der Waals surface area contributed by atoms with E-state index in [0.717, 1.165) is 41.3 Å². The number of hydrogen-bond donors (Lipinski definition) is 1. The lowest BCUT2D eigenvalue weighted by Crippen LogP contribution is -2.36. The number of benzene rings is 2. The molecule has 1 atom stereocenters. The number of likely N-dealkylation sites (N-methyl/N-ethyl adjacent to an activating group) is 1. The van der Waals surface area contributed by atoms with Gasteiger partial charge in [-0.2, -0.15) is 0 Å². The van der Waals surface area contributed by atoms with Gasteiger partial charge in [0.1, 0.15) is 5.75 Å². The van der Waals surface area contributed by atoms with Gasteiger partial charge >= 0.3 is 0 Å². The van der Waals surface area contributed by atoms with E-state index in [1.165, 1.54) is 42.4 Å². The molecule has 0 saturated heterocycles. The smallest absolute Gasteiger partial charge is 0.258 e. The van der Waals surface area contributed by atoms with E-state index < -0.39 is 0 Å². The second-order valence-electron chi connectivity index (χ2n) is 10.1. The van der Waals surface area contributed by atoms with Gasteiger partial charge in [0.2, 0.25) is 0 Å². The molecule has 4 nitrogen and oxygen atoms in total. The number of nitrogens with one attached hydrogen (secondary N) is 1. The first kappa shape index (κ1) is 29.5. The van der Waals surface area contributed by atoms with Crippen LogP contribution in [0.1, 0.15) is 102 Å². The van der Waals surface area contributed by atoms with Crippen LogP contribution in [0, 0.1) is 5.92 Å². The summed E-state index contributed by atoms with van der Waals surface area (Å²) in [5.74, 6) is 2.59. The van der Waals surface area contributed by atoms with E-state index in [9.17, 15) is 4.79 Å². The van der Waals surface area contributed by atoms with Crippen LogP contribution in [0.2, 0.25) is 0 Å². The maximum Gasteiger partial charge on any atom is 0.258 e. The molecule has 1 unspecified atom stereocenters. The second-order valence-corrected chi connectivity index (χ2v) is 10.1. The van der Waals surface area contributed by atoms with Gasteiger partial charge in [-0.3, -0.25) is 4.79 Å². The summed E-state index contributed by atoms with van der Waals surface area (Å²) in [7, 11) is 1.78. The zero-order valence-corrected chi connectivity index (χ0v) is 24.6. The van der Waals surface area contributed by atoms with E-state index in [0.29, 0.717) is 12.5 Å². The number of rotatable bonds is 5. The summed E-state index contributed by atoms with van der Waals surface area (Å²) >= 11 is 0. The summed E-state index contributed by atoms with van der Waals surface area (Å²) < 4.78 is 5.84. The molecule has 0 aromatic heterocycles. The highest BCUT2D eigenvalue weighted by atomic mass is 16.5. The van der Waals surface area contributed by atoms with Crippen LogP contribution in [0.3, 0.4) is 0 Å². The SMILES string of the molecule is CC.CC.CCN1C(=O)c2ccccc2CC2=CC(Cc3ccc(C4CCC(C)CC4)cc3OC)NC=C21.[HH]. The predicted octanol–water partition coefficient (Wildman–Crippen LogP) is 8.29. The first-order valence-electron chi connectivity index (χ1n) is 14.8. The quantitative estimate of drug-likeness (QED) is 0.433. The van der Waals surface area contributed by atoms with Gasteiger partial charge in [-0.15, -0.1) is 0 Å². The fourth-order valence-electron chi connectivity index (χ4n) is 5.84. The van der Waals surface area contributed by atoms with Gasteiger partial charge < -0.3 is 15.0 Å². The first-order valence-corrected chi connectivity index (χ1v) is 14.8. The topological polar surface area (TPSA) is 41.6 Å². The standard InChI is InChI=1S/C30H36N2O2.2C2H6.H2/c1-4-32-28-19-31-26(17-25(28)15-23-7-5-6-8-27(23)30(32)33)16-24-14-13-22(18-29(24)34-3)21-11-9-20(2)10-12-21;2*1-2;/h5-8,13-14,17-21,26,31H,4,9-12,15-16H2,1-3H3;2*1-2H3;1H. The molecule has 1 saturated carbocycles. The van der Waals surface area contributed by atoms with Gasteiger partial charge in [-0.05, 0) is 72.4 Å². The molecule has 0 bridgehead atoms. The van der Waals surface area contributed by atoms with Crippen LogP contribution in [-0.4, -0.2) is 30.5 Å². The third-order valence-electron chi connectivity index (χ3n) is 7.88. The Morgan fingerprint density at radius 1 is 1.03 bits per heavy atom. The van der Waals surface area contributed by atoms with Crippen molar-refractivity contribution in [1.82, 2.24) is 10.2 Å². The van der Waals surface area contributed by atoms with E-state index in [2.05, 4.69) is 42.6 Å². The van der Waals surface area contributed by atoms with Crippen LogP contribution in [0.5, 0.6) is 5.75 Å². The number of hydrogen-bond acceptors (Lipinski definition) is 3. The third kappa shape index (κ3) is 6.51. The largest absolute Gasteiger partial charge is 0.496 e. The van der Waals surface area contributed by atoms with Gasteiger partial charge in [0.05, 0.1) is 12.8 Å². The van der Waals surface area contributed by atoms with Gasteiger partial charge in [0.15, 0.2) is 0 Å². The van der Waals surface area contributed by atoms with Crippen molar-refractivity contribution in [3.05, 3.63) is 88.3 Å². The van der Waals surface area contributed by atoms with Crippen molar-refractivity contribution in [1.29, 1.82) is 0 Å². The van der Waals surface area contributed by atoms with Crippen molar-refractivity contribution < 1.29 is 11.0 Å². The number of fused-ring (bicyclic) bond motifs is 2. The molecule has 3 aliphatic rings. The van der Waals surface area contributed by atoms with E-state index in [-0.39, 0.29) is 13.4 Å². The number of dihydropyridines is 1. The number of nitrogens with zero attached hydrogens (tertiary/aromatic N) is 1. The lowest BCUT2D eigenvalue weighted by Gasteiger charge is -2.29. The highest BCUT2D eigenvalue weighted by Gasteiger charge is 2.30. The maximum absolute atomic E-state index is 13.2. The molecule has 208 valence electrons. The molecular weight excluding hydrogens is 468 g/mol. The van der Waals surface area contributed by atoms with Crippen LogP contribution in [0.4, 0.5) is 0 Å². The Kier molecular flexibility index (Phi) is 11.1. The highest BCUT2D eigenvalue weighted by molar-refractivity contribution is 5.98. The van der Waals surface area contributed by atoms with Crippen LogP contribution < -0.4 is 10.1 Å². The van der Waals surface area contributed by atoms with Crippen molar-refractivity contribution in [2.45, 2.75) is 92.0 Å². The molecule has 1 N–H and O–H groups in total. The fourth-order valence-corrected chi connectivity index (χ4v) is 5.84. The summed E-state index contributed by atoms with van der Waals surface area (Å²) in [6.45, 7) is 13.1. The molecular formula is C34H50N2O2. The predicted molar refractivity (Wildman–Crippen MR) is 162 cm³/mol. The average Bonchev–Trinajstić information content (AvgIpc) is 3.09. The number of allylic oxidation sites excluding steroid dienone is 1. The molecule has 5 rings (SSSR count). The van der Waals surface area contributed by atoms with E-state index >= 15 is 0 Å². The zero-order valence-electron chi connectivity index (χ0n) is 24.6. The van der Waals surface area contributed by atoms with E-state index in [4.69, 9.17) is 4.74 Å². The molecule has 1 aliphatic carbocycles. The van der Waals surface area contributed by atoms with Gasteiger partial charge in [0, 0.05) is 32.2 Å². The first-order chi connectivity index (χ1) is 18.6. The Balaban J connectivity index is 0.00000102. The Hall–Kier alpha value is -3.01. The molecule has 0 radical (unpaired) electrons. The second kappa shape index (κ2) is 14.2. The lowest BCUT2D eigenvalue weighted by molar-refractivity contribution is 0.0816. The molecule has 4 heteroatoms. The zero-order chi connectivity index (χ0) is 27.7. The summed E-state index contributed by atoms with van der Waals surface area (Å²) in [5.41, 5.74) is 6.77. The molecule has 2 aromatic rings. The number of carbonyl (C=O) groups excluding carboxylic acids is 1. The van der Waals surface area contributed by atoms with E-state index in [1.54, 1.807) is 7.11 Å². The van der Waals surface area contributed by atoms with Gasteiger partial charge in [0.25, 0.3) is 5.91 Å². The minimum absolute atomic E-state index is 0. The summed E-state index contributed by atoms with van der Waals surface area (Å²) in [6, 6.07) is 15.0. The third-order valence-corrected chi connectivity index (χ3v) is 7.88. The van der Waals surface area contributed by atoms with Gasteiger partial charge in [-0.1, -0.05) is 83.9 Å². The molecule has 2 aliphatic heterocycles. The normalized spacial score (nSPS) is 22.0. The Labute approximate surface area is 232 Å². The Morgan fingerprint density at radius 2 is 1.74 bits per heavy atom. The Morgan fingerprint density at radius 3 is 2.42 bits per heavy atom. The number of methoxy groups -OCH3 is 1. The van der Waals surface area contributed by atoms with Crippen LogP contribution in [0.15, 0.2) is 66.0 Å². The summed E-state index contributed by atoms with van der Waals surface area (Å²) in [6.07, 6.45) is 11.2. The monoisotopic (exact) mass is 518 g/mol. The molecule has 1 amide bonds. The van der Waals surface area contributed by atoms with Crippen LogP contribution in [-0.2, 0) is 12.8 Å². The summed E-state index contributed by atoms with van der Waals surface area (Å²) in [5, 5.41) is 3.55. The minimum atomic E-state index is 0. The lowest BCUT2D eigenvalue weighted by atomic mass is 9.79. The van der Waals surface area contributed by atoms with Crippen LogP contribution in [0.25, 0.3) is 0 Å². The van der Waals surface area contributed by atoms with Crippen LogP contribution >= 0.6 is 0 Å². The highest BCUT2D eigenvalue weighted by Crippen LogP contribution is 2.38. The number of carbonyl (C=O) groups is 1. The molecule has 2 heterocycles. The maximum atomic E-state index is 13.2.